The predicted molar refractivity (Wildman–Crippen MR) is 117 cm³/mol. The van der Waals surface area contributed by atoms with Gasteiger partial charge in [-0.1, -0.05) is 6.07 Å². The number of carbonyl (C=O) groups excluding carboxylic acids is 2. The van der Waals surface area contributed by atoms with E-state index in [1.165, 1.54) is 6.33 Å². The van der Waals surface area contributed by atoms with Crippen LogP contribution in [-0.4, -0.2) is 76.3 Å². The maximum Gasteiger partial charge on any atom is 0.310 e. The minimum atomic E-state index is -0.315. The standard InChI is InChI=1S/C22H26N6O4/c1-4-32-19(29)13-18-15(2)25-22-23-14-24-28(22)20(18)26-8-10-27(11-9-26)21(30)16-6-5-7-17(12-16)31-3/h5-7,12,14H,4,8-11,13H2,1-3H3. The van der Waals surface area contributed by atoms with Crippen molar-refractivity contribution in [2.45, 2.75) is 20.3 Å². The minimum Gasteiger partial charge on any atom is -0.497 e. The Morgan fingerprint density at radius 2 is 1.94 bits per heavy atom. The molecule has 10 heteroatoms. The fourth-order valence-corrected chi connectivity index (χ4v) is 3.92. The normalized spacial score (nSPS) is 14.0. The lowest BCUT2D eigenvalue weighted by Crippen LogP contribution is -2.49. The first-order chi connectivity index (χ1) is 15.5. The molecule has 10 nitrogen and oxygen atoms in total. The smallest absolute Gasteiger partial charge is 0.310 e. The summed E-state index contributed by atoms with van der Waals surface area (Å²) in [5.41, 5.74) is 2.07. The molecule has 1 aliphatic heterocycles. The van der Waals surface area contributed by atoms with Crippen LogP contribution in [0.4, 0.5) is 5.82 Å². The molecule has 0 bridgehead atoms. The Hall–Kier alpha value is -3.69. The van der Waals surface area contributed by atoms with Crippen molar-refractivity contribution >= 4 is 23.5 Å². The quantitative estimate of drug-likeness (QED) is 0.534. The summed E-state index contributed by atoms with van der Waals surface area (Å²) < 4.78 is 12.0. The summed E-state index contributed by atoms with van der Waals surface area (Å²) >= 11 is 0. The summed E-state index contributed by atoms with van der Waals surface area (Å²) in [6.45, 7) is 6.20. The van der Waals surface area contributed by atoms with Crippen LogP contribution in [0.5, 0.6) is 5.75 Å². The second-order valence-corrected chi connectivity index (χ2v) is 7.46. The molecule has 32 heavy (non-hydrogen) atoms. The Kier molecular flexibility index (Phi) is 6.20. The van der Waals surface area contributed by atoms with Crippen molar-refractivity contribution in [2.75, 3.05) is 44.8 Å². The van der Waals surface area contributed by atoms with E-state index in [1.807, 2.05) is 24.0 Å². The number of ether oxygens (including phenoxy) is 2. The zero-order valence-corrected chi connectivity index (χ0v) is 18.4. The Balaban J connectivity index is 1.57. The molecule has 0 spiro atoms. The summed E-state index contributed by atoms with van der Waals surface area (Å²) in [6.07, 6.45) is 1.54. The average Bonchev–Trinajstić information content (AvgIpc) is 3.27. The first-order valence-corrected chi connectivity index (χ1v) is 10.5. The molecular formula is C22H26N6O4. The van der Waals surface area contributed by atoms with E-state index >= 15 is 0 Å². The van der Waals surface area contributed by atoms with Gasteiger partial charge in [0.15, 0.2) is 0 Å². The lowest BCUT2D eigenvalue weighted by Gasteiger charge is -2.37. The third kappa shape index (κ3) is 4.20. The molecule has 1 aliphatic rings. The van der Waals surface area contributed by atoms with E-state index in [0.29, 0.717) is 55.6 Å². The van der Waals surface area contributed by atoms with E-state index in [1.54, 1.807) is 30.7 Å². The van der Waals surface area contributed by atoms with E-state index in [0.717, 1.165) is 11.4 Å². The van der Waals surface area contributed by atoms with Crippen LogP contribution in [0, 0.1) is 6.92 Å². The highest BCUT2D eigenvalue weighted by atomic mass is 16.5. The van der Waals surface area contributed by atoms with Gasteiger partial charge in [-0.15, -0.1) is 0 Å². The predicted octanol–water partition coefficient (Wildman–Crippen LogP) is 1.51. The summed E-state index contributed by atoms with van der Waals surface area (Å²) in [6, 6.07) is 7.16. The summed E-state index contributed by atoms with van der Waals surface area (Å²) in [4.78, 5) is 37.9. The number of rotatable bonds is 6. The highest BCUT2D eigenvalue weighted by Gasteiger charge is 2.27. The largest absolute Gasteiger partial charge is 0.497 e. The van der Waals surface area contributed by atoms with Crippen LogP contribution >= 0.6 is 0 Å². The number of anilines is 1. The Morgan fingerprint density at radius 1 is 1.16 bits per heavy atom. The number of nitrogens with zero attached hydrogens (tertiary/aromatic N) is 6. The Morgan fingerprint density at radius 3 is 2.66 bits per heavy atom. The highest BCUT2D eigenvalue weighted by Crippen LogP contribution is 2.26. The molecular weight excluding hydrogens is 412 g/mol. The van der Waals surface area contributed by atoms with Crippen LogP contribution in [0.15, 0.2) is 30.6 Å². The van der Waals surface area contributed by atoms with Crippen molar-refractivity contribution in [2.24, 2.45) is 0 Å². The van der Waals surface area contributed by atoms with E-state index in [2.05, 4.69) is 20.0 Å². The van der Waals surface area contributed by atoms with Crippen LogP contribution in [-0.2, 0) is 16.0 Å². The van der Waals surface area contributed by atoms with E-state index in [-0.39, 0.29) is 18.3 Å². The second kappa shape index (κ2) is 9.21. The van der Waals surface area contributed by atoms with Crippen LogP contribution in [0.1, 0.15) is 28.5 Å². The molecule has 0 N–H and O–H groups in total. The molecule has 4 rings (SSSR count). The molecule has 3 aromatic rings. The van der Waals surface area contributed by atoms with Crippen molar-refractivity contribution in [3.05, 3.63) is 47.4 Å². The number of aryl methyl sites for hydroxylation is 1. The Labute approximate surface area is 185 Å². The van der Waals surface area contributed by atoms with Crippen LogP contribution in [0.25, 0.3) is 5.78 Å². The number of hydrogen-bond donors (Lipinski definition) is 0. The van der Waals surface area contributed by atoms with Crippen molar-refractivity contribution < 1.29 is 19.1 Å². The van der Waals surface area contributed by atoms with Gasteiger partial charge in [0, 0.05) is 43.0 Å². The third-order valence-corrected chi connectivity index (χ3v) is 5.51. The van der Waals surface area contributed by atoms with Crippen molar-refractivity contribution in [3.63, 3.8) is 0 Å². The van der Waals surface area contributed by atoms with Gasteiger partial charge in [-0.2, -0.15) is 14.6 Å². The average molecular weight is 438 g/mol. The maximum atomic E-state index is 13.0. The summed E-state index contributed by atoms with van der Waals surface area (Å²) in [7, 11) is 1.58. The van der Waals surface area contributed by atoms with Crippen molar-refractivity contribution in [1.29, 1.82) is 0 Å². The molecule has 3 heterocycles. The molecule has 1 saturated heterocycles. The number of aromatic nitrogens is 4. The van der Waals surface area contributed by atoms with Gasteiger partial charge >= 0.3 is 5.97 Å². The number of amides is 1. The zero-order chi connectivity index (χ0) is 22.7. The zero-order valence-electron chi connectivity index (χ0n) is 18.4. The second-order valence-electron chi connectivity index (χ2n) is 7.46. The highest BCUT2D eigenvalue weighted by molar-refractivity contribution is 5.94. The van der Waals surface area contributed by atoms with Crippen molar-refractivity contribution in [1.82, 2.24) is 24.5 Å². The maximum absolute atomic E-state index is 13.0. The fourth-order valence-electron chi connectivity index (χ4n) is 3.92. The molecule has 1 amide bonds. The van der Waals surface area contributed by atoms with Gasteiger partial charge in [-0.25, -0.2) is 4.98 Å². The Bertz CT molecular complexity index is 1140. The minimum absolute atomic E-state index is 0.0351. The van der Waals surface area contributed by atoms with Gasteiger partial charge in [-0.3, -0.25) is 9.59 Å². The first kappa shape index (κ1) is 21.5. The molecule has 0 aliphatic carbocycles. The molecule has 1 aromatic carbocycles. The molecule has 0 atom stereocenters. The van der Waals surface area contributed by atoms with E-state index in [9.17, 15) is 9.59 Å². The lowest BCUT2D eigenvalue weighted by molar-refractivity contribution is -0.142. The molecule has 0 unspecified atom stereocenters. The number of benzene rings is 1. The van der Waals surface area contributed by atoms with Gasteiger partial charge in [0.2, 0.25) is 0 Å². The van der Waals surface area contributed by atoms with Gasteiger partial charge in [0.05, 0.1) is 20.1 Å². The van der Waals surface area contributed by atoms with Crippen LogP contribution in [0.3, 0.4) is 0 Å². The molecule has 0 saturated carbocycles. The third-order valence-electron chi connectivity index (χ3n) is 5.51. The molecule has 2 aromatic heterocycles. The monoisotopic (exact) mass is 438 g/mol. The number of carbonyl (C=O) groups is 2. The van der Waals surface area contributed by atoms with Crippen LogP contribution < -0.4 is 9.64 Å². The number of fused-ring (bicyclic) bond motifs is 1. The number of piperazine rings is 1. The summed E-state index contributed by atoms with van der Waals surface area (Å²) in [5, 5.41) is 4.32. The SMILES string of the molecule is CCOC(=O)Cc1c(C)nc2ncnn2c1N1CCN(C(=O)c2cccc(OC)c2)CC1. The van der Waals surface area contributed by atoms with Crippen LogP contribution in [0.2, 0.25) is 0 Å². The number of methoxy groups -OCH3 is 1. The number of esters is 1. The number of hydrogen-bond acceptors (Lipinski definition) is 8. The lowest BCUT2D eigenvalue weighted by atomic mass is 10.1. The van der Waals surface area contributed by atoms with Crippen molar-refractivity contribution in [3.8, 4) is 5.75 Å². The summed E-state index contributed by atoms with van der Waals surface area (Å²) in [5.74, 6) is 1.54. The first-order valence-electron chi connectivity index (χ1n) is 10.5. The van der Waals surface area contributed by atoms with Gasteiger partial charge < -0.3 is 19.3 Å². The van der Waals surface area contributed by atoms with Gasteiger partial charge in [0.1, 0.15) is 17.9 Å². The molecule has 168 valence electrons. The van der Waals surface area contributed by atoms with Gasteiger partial charge in [-0.05, 0) is 32.0 Å². The van der Waals surface area contributed by atoms with Gasteiger partial charge in [0.25, 0.3) is 11.7 Å². The molecule has 0 radical (unpaired) electrons. The van der Waals surface area contributed by atoms with E-state index in [4.69, 9.17) is 9.47 Å². The molecule has 1 fully saturated rings. The van der Waals surface area contributed by atoms with E-state index < -0.39 is 0 Å². The topological polar surface area (TPSA) is 102 Å². The fraction of sp³-hybridized carbons (Fsp3) is 0.409.